The Hall–Kier alpha value is -3.24. The van der Waals surface area contributed by atoms with Gasteiger partial charge in [-0.25, -0.2) is 19.7 Å². The Kier molecular flexibility index (Phi) is 8.05. The minimum Gasteiger partial charge on any atom is -0.444 e. The van der Waals surface area contributed by atoms with Crippen molar-refractivity contribution in [3.63, 3.8) is 0 Å². The van der Waals surface area contributed by atoms with E-state index in [1.807, 2.05) is 51.1 Å². The van der Waals surface area contributed by atoms with Crippen LogP contribution in [0.1, 0.15) is 57.7 Å². The van der Waals surface area contributed by atoms with Crippen molar-refractivity contribution < 1.29 is 14.3 Å². The highest BCUT2D eigenvalue weighted by atomic mass is 32.1. The summed E-state index contributed by atoms with van der Waals surface area (Å²) in [6, 6.07) is 9.85. The van der Waals surface area contributed by atoms with Gasteiger partial charge in [-0.15, -0.1) is 0 Å². The van der Waals surface area contributed by atoms with E-state index in [-0.39, 0.29) is 6.04 Å². The van der Waals surface area contributed by atoms with Crippen LogP contribution in [-0.2, 0) is 16.0 Å². The molecule has 2 heterocycles. The van der Waals surface area contributed by atoms with Crippen LogP contribution in [0.5, 0.6) is 0 Å². The number of hydrogen-bond acceptors (Lipinski definition) is 9. The van der Waals surface area contributed by atoms with Crippen LogP contribution >= 0.6 is 11.3 Å². The minimum absolute atomic E-state index is 0.172. The van der Waals surface area contributed by atoms with Gasteiger partial charge in [0, 0.05) is 37.5 Å². The number of hydrogen-bond donors (Lipinski definition) is 3. The summed E-state index contributed by atoms with van der Waals surface area (Å²) in [7, 11) is 1.70. The van der Waals surface area contributed by atoms with Crippen molar-refractivity contribution in [2.75, 3.05) is 24.4 Å². The van der Waals surface area contributed by atoms with Gasteiger partial charge in [-0.2, -0.15) is 0 Å². The predicted octanol–water partition coefficient (Wildman–Crippen LogP) is 5.69. The van der Waals surface area contributed by atoms with Crippen molar-refractivity contribution in [2.45, 2.75) is 64.6 Å². The zero-order chi connectivity index (χ0) is 25.7. The lowest BCUT2D eigenvalue weighted by molar-refractivity contribution is 0.0523. The molecule has 1 atom stereocenters. The number of carbonyl (C=O) groups excluding carboxylic acids is 1. The molecule has 4 rings (SSSR count). The second-order valence-corrected chi connectivity index (χ2v) is 11.0. The first-order valence-electron chi connectivity index (χ1n) is 12.1. The summed E-state index contributed by atoms with van der Waals surface area (Å²) in [6.45, 7) is 8.59. The summed E-state index contributed by atoms with van der Waals surface area (Å²) >= 11 is 1.62. The Morgan fingerprint density at radius 1 is 1.17 bits per heavy atom. The largest absolute Gasteiger partial charge is 0.444 e. The SMILES string of the molecule is COCC(C)Nc1nc(C2CC2)c(-c2ccnc(Nc3ccc(CNC(=O)OC(C)(C)C)cc3)n2)s1. The number of methoxy groups -OCH3 is 1. The molecule has 0 saturated heterocycles. The number of benzene rings is 1. The van der Waals surface area contributed by atoms with E-state index in [9.17, 15) is 4.79 Å². The van der Waals surface area contributed by atoms with Crippen molar-refractivity contribution in [3.8, 4) is 10.6 Å². The fourth-order valence-electron chi connectivity index (χ4n) is 3.58. The van der Waals surface area contributed by atoms with E-state index in [4.69, 9.17) is 19.4 Å². The van der Waals surface area contributed by atoms with E-state index in [1.165, 1.54) is 0 Å². The number of alkyl carbamates (subject to hydrolysis) is 1. The van der Waals surface area contributed by atoms with Gasteiger partial charge in [-0.05, 0) is 64.3 Å². The summed E-state index contributed by atoms with van der Waals surface area (Å²) in [6.07, 6.45) is 3.65. The van der Waals surface area contributed by atoms with Gasteiger partial charge >= 0.3 is 6.09 Å². The van der Waals surface area contributed by atoms with Crippen LogP contribution in [0.25, 0.3) is 10.6 Å². The average molecular weight is 511 g/mol. The summed E-state index contributed by atoms with van der Waals surface area (Å²) in [5, 5.41) is 10.4. The highest BCUT2D eigenvalue weighted by molar-refractivity contribution is 7.19. The Morgan fingerprint density at radius 3 is 2.58 bits per heavy atom. The quantitative estimate of drug-likeness (QED) is 0.319. The van der Waals surface area contributed by atoms with Crippen molar-refractivity contribution in [3.05, 3.63) is 47.8 Å². The van der Waals surface area contributed by atoms with Crippen molar-refractivity contribution in [2.24, 2.45) is 0 Å². The molecule has 9 nitrogen and oxygen atoms in total. The predicted molar refractivity (Wildman–Crippen MR) is 143 cm³/mol. The molecule has 0 bridgehead atoms. The third-order valence-corrected chi connectivity index (χ3v) is 6.36. The molecule has 3 aromatic rings. The van der Waals surface area contributed by atoms with Crippen LogP contribution in [0.15, 0.2) is 36.5 Å². The maximum atomic E-state index is 11.9. The number of nitrogens with zero attached hydrogens (tertiary/aromatic N) is 3. The zero-order valence-corrected chi connectivity index (χ0v) is 22.2. The normalized spacial score (nSPS) is 14.2. The lowest BCUT2D eigenvalue weighted by Crippen LogP contribution is -2.32. The molecule has 3 N–H and O–H groups in total. The molecular weight excluding hydrogens is 476 g/mol. The van der Waals surface area contributed by atoms with E-state index in [1.54, 1.807) is 24.6 Å². The molecule has 1 amide bonds. The van der Waals surface area contributed by atoms with Gasteiger partial charge in [-0.1, -0.05) is 23.5 Å². The third-order valence-electron chi connectivity index (χ3n) is 5.34. The number of aromatic nitrogens is 3. The van der Waals surface area contributed by atoms with Gasteiger partial charge in [0.25, 0.3) is 0 Å². The van der Waals surface area contributed by atoms with Crippen LogP contribution in [-0.4, -0.2) is 46.4 Å². The molecule has 1 fully saturated rings. The molecule has 1 aliphatic rings. The first-order valence-corrected chi connectivity index (χ1v) is 12.9. The highest BCUT2D eigenvalue weighted by Gasteiger charge is 2.31. The van der Waals surface area contributed by atoms with E-state index in [0.717, 1.165) is 45.5 Å². The van der Waals surface area contributed by atoms with Gasteiger partial charge in [0.05, 0.1) is 22.9 Å². The molecule has 1 saturated carbocycles. The molecule has 1 aromatic carbocycles. The van der Waals surface area contributed by atoms with Crippen molar-refractivity contribution >= 4 is 34.2 Å². The Balaban J connectivity index is 1.42. The van der Waals surface area contributed by atoms with Crippen molar-refractivity contribution in [1.29, 1.82) is 0 Å². The molecule has 1 aliphatic carbocycles. The molecule has 10 heteroatoms. The van der Waals surface area contributed by atoms with Crippen LogP contribution in [0.2, 0.25) is 0 Å². The minimum atomic E-state index is -0.522. The molecular formula is C26H34N6O3S. The molecule has 2 aromatic heterocycles. The number of carbonyl (C=O) groups is 1. The maximum absolute atomic E-state index is 11.9. The van der Waals surface area contributed by atoms with Crippen molar-refractivity contribution in [1.82, 2.24) is 20.3 Å². The standard InChI is InChI=1S/C26H34N6O3S/c1-16(15-34-5)29-24-32-21(18-8-9-18)22(36-24)20-12-13-27-23(31-20)30-19-10-6-17(7-11-19)14-28-25(33)35-26(2,3)4/h6-7,10-13,16,18H,8-9,14-15H2,1-5H3,(H,28,33)(H,29,32)(H,27,30,31). The van der Waals surface area contributed by atoms with Crippen LogP contribution in [0.4, 0.5) is 21.6 Å². The topological polar surface area (TPSA) is 110 Å². The first kappa shape index (κ1) is 25.8. The highest BCUT2D eigenvalue weighted by Crippen LogP contribution is 2.47. The smallest absolute Gasteiger partial charge is 0.407 e. The van der Waals surface area contributed by atoms with Crippen LogP contribution in [0, 0.1) is 0 Å². The van der Waals surface area contributed by atoms with Gasteiger partial charge in [-0.3, -0.25) is 0 Å². The maximum Gasteiger partial charge on any atom is 0.407 e. The average Bonchev–Trinajstić information content (AvgIpc) is 3.58. The molecule has 36 heavy (non-hydrogen) atoms. The molecule has 192 valence electrons. The van der Waals surface area contributed by atoms with Gasteiger partial charge in [0.2, 0.25) is 5.95 Å². The molecule has 0 aliphatic heterocycles. The lowest BCUT2D eigenvalue weighted by atomic mass is 10.2. The number of thiazole rings is 1. The Labute approximate surface area is 216 Å². The molecule has 0 radical (unpaired) electrons. The summed E-state index contributed by atoms with van der Waals surface area (Å²) in [4.78, 5) is 27.0. The zero-order valence-electron chi connectivity index (χ0n) is 21.4. The van der Waals surface area contributed by atoms with Crippen LogP contribution in [0.3, 0.4) is 0 Å². The lowest BCUT2D eigenvalue weighted by Gasteiger charge is -2.19. The Morgan fingerprint density at radius 2 is 1.92 bits per heavy atom. The summed E-state index contributed by atoms with van der Waals surface area (Å²) in [5.41, 5.74) is 3.26. The van der Waals surface area contributed by atoms with E-state index < -0.39 is 11.7 Å². The Bertz CT molecular complexity index is 1170. The van der Waals surface area contributed by atoms with E-state index in [0.29, 0.717) is 25.0 Å². The molecule has 1 unspecified atom stereocenters. The number of amides is 1. The first-order chi connectivity index (χ1) is 17.2. The fraction of sp³-hybridized carbons (Fsp3) is 0.462. The van der Waals surface area contributed by atoms with Gasteiger partial charge in [0.1, 0.15) is 5.60 Å². The second-order valence-electron chi connectivity index (χ2n) is 9.95. The summed E-state index contributed by atoms with van der Waals surface area (Å²) < 4.78 is 10.5. The van der Waals surface area contributed by atoms with Crippen LogP contribution < -0.4 is 16.0 Å². The fourth-order valence-corrected chi connectivity index (χ4v) is 4.71. The number of nitrogens with one attached hydrogen (secondary N) is 3. The number of ether oxygens (including phenoxy) is 2. The molecule has 0 spiro atoms. The van der Waals surface area contributed by atoms with Gasteiger partial charge < -0.3 is 25.4 Å². The number of anilines is 3. The van der Waals surface area contributed by atoms with E-state index in [2.05, 4.69) is 27.9 Å². The number of rotatable bonds is 10. The monoisotopic (exact) mass is 510 g/mol. The second kappa shape index (κ2) is 11.2. The van der Waals surface area contributed by atoms with E-state index >= 15 is 0 Å². The third kappa shape index (κ3) is 7.38. The summed E-state index contributed by atoms with van der Waals surface area (Å²) in [5.74, 6) is 1.02. The van der Waals surface area contributed by atoms with Gasteiger partial charge in [0.15, 0.2) is 5.13 Å².